The molecule has 0 aliphatic carbocycles. The van der Waals surface area contributed by atoms with Gasteiger partial charge in [-0.2, -0.15) is 5.10 Å². The van der Waals surface area contributed by atoms with Gasteiger partial charge in [-0.15, -0.1) is 0 Å². The van der Waals surface area contributed by atoms with E-state index in [1.807, 2.05) is 0 Å². The fourth-order valence-corrected chi connectivity index (χ4v) is 3.80. The lowest BCUT2D eigenvalue weighted by Crippen LogP contribution is -2.32. The van der Waals surface area contributed by atoms with E-state index in [-0.39, 0.29) is 6.10 Å². The van der Waals surface area contributed by atoms with E-state index < -0.39 is 0 Å². The fraction of sp³-hybridized carbons (Fsp3) is 0.474. The quantitative estimate of drug-likeness (QED) is 0.750. The zero-order chi connectivity index (χ0) is 17.4. The molecular formula is C19H25N5O. The minimum absolute atomic E-state index is 0.159. The summed E-state index contributed by atoms with van der Waals surface area (Å²) in [6.07, 6.45) is 2.73. The second-order valence-corrected chi connectivity index (χ2v) is 7.14. The zero-order valence-electron chi connectivity index (χ0n) is 15.0. The second-order valence-electron chi connectivity index (χ2n) is 7.14. The average Bonchev–Trinajstić information content (AvgIpc) is 3.30. The molecule has 0 unspecified atom stereocenters. The van der Waals surface area contributed by atoms with Gasteiger partial charge in [-0.05, 0) is 50.6 Å². The summed E-state index contributed by atoms with van der Waals surface area (Å²) in [4.78, 5) is 10.2. The smallest absolute Gasteiger partial charge is 0.137 e. The van der Waals surface area contributed by atoms with Crippen LogP contribution >= 0.6 is 0 Å². The Morgan fingerprint density at radius 1 is 1.32 bits per heavy atom. The lowest BCUT2D eigenvalue weighted by atomic mass is 10.0. The van der Waals surface area contributed by atoms with Crippen molar-refractivity contribution in [3.05, 3.63) is 47.2 Å². The molecule has 6 nitrogen and oxygen atoms in total. The summed E-state index contributed by atoms with van der Waals surface area (Å²) in [7, 11) is 2.14. The van der Waals surface area contributed by atoms with Gasteiger partial charge in [0.05, 0.1) is 6.10 Å². The van der Waals surface area contributed by atoms with Crippen molar-refractivity contribution < 1.29 is 4.74 Å². The van der Waals surface area contributed by atoms with E-state index in [2.05, 4.69) is 64.2 Å². The van der Waals surface area contributed by atoms with Crippen LogP contribution in [0.3, 0.4) is 0 Å². The summed E-state index contributed by atoms with van der Waals surface area (Å²) in [6.45, 7) is 6.88. The van der Waals surface area contributed by atoms with Crippen LogP contribution in [-0.4, -0.2) is 51.4 Å². The number of hydrogen-bond donors (Lipinski definition) is 2. The highest BCUT2D eigenvalue weighted by molar-refractivity contribution is 5.84. The fourth-order valence-electron chi connectivity index (χ4n) is 3.80. The van der Waals surface area contributed by atoms with Gasteiger partial charge < -0.3 is 9.72 Å². The molecule has 1 aliphatic rings. The molecule has 4 rings (SSSR count). The Bertz CT molecular complexity index is 854. The van der Waals surface area contributed by atoms with Crippen LogP contribution in [0.1, 0.15) is 35.0 Å². The number of H-pyrrole nitrogens is 2. The van der Waals surface area contributed by atoms with Crippen molar-refractivity contribution in [1.29, 1.82) is 0 Å². The maximum Gasteiger partial charge on any atom is 0.137 e. The molecule has 25 heavy (non-hydrogen) atoms. The molecule has 0 amide bonds. The minimum Gasteiger partial charge on any atom is -0.376 e. The van der Waals surface area contributed by atoms with E-state index >= 15 is 0 Å². The third-order valence-corrected chi connectivity index (χ3v) is 5.33. The average molecular weight is 339 g/mol. The second kappa shape index (κ2) is 6.61. The normalized spacial score (nSPS) is 20.8. The Balaban J connectivity index is 1.45. The summed E-state index contributed by atoms with van der Waals surface area (Å²) >= 11 is 0. The molecule has 2 aromatic heterocycles. The molecular weight excluding hydrogens is 314 g/mol. The van der Waals surface area contributed by atoms with Gasteiger partial charge in [0.25, 0.3) is 0 Å². The maximum atomic E-state index is 5.95. The minimum atomic E-state index is 0.159. The van der Waals surface area contributed by atoms with Crippen molar-refractivity contribution >= 4 is 10.9 Å². The third-order valence-electron chi connectivity index (χ3n) is 5.33. The highest BCUT2D eigenvalue weighted by Crippen LogP contribution is 2.29. The van der Waals surface area contributed by atoms with E-state index in [1.165, 1.54) is 27.7 Å². The van der Waals surface area contributed by atoms with Crippen molar-refractivity contribution in [3.63, 3.8) is 0 Å². The number of nitrogens with zero attached hydrogens (tertiary/aromatic N) is 3. The van der Waals surface area contributed by atoms with Crippen molar-refractivity contribution in [2.45, 2.75) is 38.8 Å². The lowest BCUT2D eigenvalue weighted by Gasteiger charge is -2.23. The molecule has 1 aliphatic heterocycles. The number of hydrogen-bond acceptors (Lipinski definition) is 4. The van der Waals surface area contributed by atoms with E-state index in [9.17, 15) is 0 Å². The Kier molecular flexibility index (Phi) is 4.31. The van der Waals surface area contributed by atoms with E-state index in [4.69, 9.17) is 4.74 Å². The largest absolute Gasteiger partial charge is 0.376 e. The molecule has 0 spiro atoms. The van der Waals surface area contributed by atoms with Crippen LogP contribution < -0.4 is 0 Å². The Morgan fingerprint density at radius 2 is 2.20 bits per heavy atom. The molecule has 0 saturated carbocycles. The topological polar surface area (TPSA) is 69.8 Å². The number of nitrogens with one attached hydrogen (secondary N) is 2. The van der Waals surface area contributed by atoms with Crippen molar-refractivity contribution in [2.24, 2.45) is 0 Å². The first-order valence-electron chi connectivity index (χ1n) is 8.85. The highest BCUT2D eigenvalue weighted by atomic mass is 16.5. The van der Waals surface area contributed by atoms with Gasteiger partial charge >= 0.3 is 0 Å². The van der Waals surface area contributed by atoms with E-state index in [0.717, 1.165) is 31.9 Å². The number of rotatable bonds is 5. The van der Waals surface area contributed by atoms with E-state index in [1.54, 1.807) is 6.33 Å². The molecule has 2 atom stereocenters. The number of ether oxygens (including phenoxy) is 1. The molecule has 1 saturated heterocycles. The van der Waals surface area contributed by atoms with Crippen molar-refractivity contribution in [1.82, 2.24) is 25.1 Å². The van der Waals surface area contributed by atoms with Gasteiger partial charge in [0, 0.05) is 42.2 Å². The summed E-state index contributed by atoms with van der Waals surface area (Å²) in [5, 5.41) is 8.29. The Labute approximate surface area is 147 Å². The Hall–Kier alpha value is -2.18. The molecule has 3 aromatic rings. The molecule has 1 aromatic carbocycles. The van der Waals surface area contributed by atoms with Gasteiger partial charge in [0.15, 0.2) is 0 Å². The van der Waals surface area contributed by atoms with Crippen LogP contribution in [0, 0.1) is 13.8 Å². The van der Waals surface area contributed by atoms with Crippen LogP contribution in [0.15, 0.2) is 24.5 Å². The monoisotopic (exact) mass is 339 g/mol. The number of benzene rings is 1. The first-order chi connectivity index (χ1) is 12.1. The molecule has 2 N–H and O–H groups in total. The van der Waals surface area contributed by atoms with Crippen LogP contribution in [0.2, 0.25) is 0 Å². The predicted molar refractivity (Wildman–Crippen MR) is 97.6 cm³/mol. The van der Waals surface area contributed by atoms with Gasteiger partial charge in [-0.25, -0.2) is 4.98 Å². The Morgan fingerprint density at radius 3 is 3.00 bits per heavy atom. The molecule has 0 radical (unpaired) electrons. The van der Waals surface area contributed by atoms with Crippen LogP contribution in [0.4, 0.5) is 0 Å². The number of aromatic nitrogens is 4. The first kappa shape index (κ1) is 16.3. The maximum absolute atomic E-state index is 5.95. The van der Waals surface area contributed by atoms with Gasteiger partial charge in [0.2, 0.25) is 0 Å². The number of aryl methyl sites for hydroxylation is 2. The number of aromatic amines is 2. The zero-order valence-corrected chi connectivity index (χ0v) is 15.0. The molecule has 132 valence electrons. The summed E-state index contributed by atoms with van der Waals surface area (Å²) in [5.41, 5.74) is 5.14. The number of likely N-dealkylation sites (N-methyl/N-ethyl adjacent to an activating group) is 1. The third kappa shape index (κ3) is 3.19. The molecule has 0 bridgehead atoms. The van der Waals surface area contributed by atoms with E-state index in [0.29, 0.717) is 5.92 Å². The van der Waals surface area contributed by atoms with Crippen LogP contribution in [0.25, 0.3) is 10.9 Å². The van der Waals surface area contributed by atoms with Crippen molar-refractivity contribution in [3.8, 4) is 0 Å². The predicted octanol–water partition coefficient (Wildman–Crippen LogP) is 2.91. The van der Waals surface area contributed by atoms with Gasteiger partial charge in [-0.3, -0.25) is 10.00 Å². The van der Waals surface area contributed by atoms with Gasteiger partial charge in [-0.1, -0.05) is 6.07 Å². The van der Waals surface area contributed by atoms with Gasteiger partial charge in [0.1, 0.15) is 12.2 Å². The highest BCUT2D eigenvalue weighted by Gasteiger charge is 2.32. The van der Waals surface area contributed by atoms with Crippen LogP contribution in [-0.2, 0) is 11.3 Å². The summed E-state index contributed by atoms with van der Waals surface area (Å²) in [5.74, 6) is 1.24. The molecule has 3 heterocycles. The van der Waals surface area contributed by atoms with Crippen molar-refractivity contribution in [2.75, 3.05) is 20.2 Å². The standard InChI is InChI=1S/C19H25N5O/c1-12-4-5-17-16(13(12)2)8-14(22-17)9-24(3)10-18-15(6-7-25-18)19-20-11-21-23-19/h4-5,8,11,15,18,22H,6-7,9-10H2,1-3H3,(H,20,21,23)/t15-,18-/m1/s1. The number of fused-ring (bicyclic) bond motifs is 1. The lowest BCUT2D eigenvalue weighted by molar-refractivity contribution is 0.0708. The SMILES string of the molecule is Cc1ccc2[nH]c(CN(C)C[C@H]3OCC[C@H]3c3ncn[nH]3)cc2c1C. The molecule has 1 fully saturated rings. The first-order valence-corrected chi connectivity index (χ1v) is 8.85. The van der Waals surface area contributed by atoms with Crippen LogP contribution in [0.5, 0.6) is 0 Å². The summed E-state index contributed by atoms with van der Waals surface area (Å²) < 4.78 is 5.95. The summed E-state index contributed by atoms with van der Waals surface area (Å²) in [6, 6.07) is 6.62. The molecule has 6 heteroatoms.